The van der Waals surface area contributed by atoms with Crippen molar-refractivity contribution < 1.29 is 4.74 Å². The van der Waals surface area contributed by atoms with Crippen molar-refractivity contribution in [1.82, 2.24) is 9.97 Å². The molecule has 0 atom stereocenters. The van der Waals surface area contributed by atoms with Crippen molar-refractivity contribution in [2.75, 3.05) is 7.11 Å². The van der Waals surface area contributed by atoms with E-state index in [1.807, 2.05) is 0 Å². The van der Waals surface area contributed by atoms with Crippen molar-refractivity contribution in [2.45, 2.75) is 78.1 Å². The molecular formula is C62H59N3O. The molecule has 0 radical (unpaired) electrons. The lowest BCUT2D eigenvalue weighted by Gasteiger charge is -2.27. The summed E-state index contributed by atoms with van der Waals surface area (Å²) in [7, 11) is 1.76. The molecule has 0 unspecified atom stereocenters. The van der Waals surface area contributed by atoms with Gasteiger partial charge in [0.1, 0.15) is 5.75 Å². The summed E-state index contributed by atoms with van der Waals surface area (Å²) < 4.78 is 6.20. The van der Waals surface area contributed by atoms with Crippen LogP contribution in [0.15, 0.2) is 187 Å². The van der Waals surface area contributed by atoms with Crippen molar-refractivity contribution in [3.8, 4) is 17.0 Å². The third-order valence-corrected chi connectivity index (χ3v) is 13.1. The average molecular weight is 862 g/mol. The number of aliphatic imine (C=N–C) groups is 1. The molecule has 7 aromatic carbocycles. The van der Waals surface area contributed by atoms with Crippen LogP contribution in [-0.2, 0) is 0 Å². The molecule has 4 heteroatoms. The van der Waals surface area contributed by atoms with Crippen LogP contribution in [0.5, 0.6) is 5.75 Å². The van der Waals surface area contributed by atoms with Gasteiger partial charge in [0.2, 0.25) is 0 Å². The minimum Gasteiger partial charge on any atom is -0.497 e. The molecule has 0 N–H and O–H groups in total. The number of methoxy groups -OCH3 is 1. The molecule has 4 nitrogen and oxygen atoms in total. The molecule has 328 valence electrons. The molecule has 9 aromatic rings. The van der Waals surface area contributed by atoms with E-state index in [-0.39, 0.29) is 11.8 Å². The topological polar surface area (TPSA) is 47.4 Å². The van der Waals surface area contributed by atoms with E-state index in [0.29, 0.717) is 17.8 Å². The molecule has 0 aliphatic heterocycles. The highest BCUT2D eigenvalue weighted by molar-refractivity contribution is 6.07. The second-order valence-electron chi connectivity index (χ2n) is 18.5. The average Bonchev–Trinajstić information content (AvgIpc) is 3.35. The Labute approximate surface area is 391 Å². The second kappa shape index (κ2) is 19.1. The Balaban J connectivity index is 1.29. The van der Waals surface area contributed by atoms with Gasteiger partial charge in [-0.25, -0.2) is 9.97 Å². The Morgan fingerprint density at radius 1 is 0.439 bits per heavy atom. The van der Waals surface area contributed by atoms with E-state index in [1.54, 1.807) is 7.11 Å². The lowest BCUT2D eigenvalue weighted by Crippen LogP contribution is -2.10. The van der Waals surface area contributed by atoms with Crippen LogP contribution in [0.4, 0.5) is 5.69 Å². The largest absolute Gasteiger partial charge is 0.497 e. The first-order valence-electron chi connectivity index (χ1n) is 23.5. The minimum atomic E-state index is -0.141. The molecule has 2 aromatic heterocycles. The number of pyridine rings is 2. The van der Waals surface area contributed by atoms with Gasteiger partial charge in [-0.05, 0) is 99.0 Å². The van der Waals surface area contributed by atoms with Crippen molar-refractivity contribution in [2.24, 2.45) is 4.99 Å². The molecule has 0 spiro atoms. The van der Waals surface area contributed by atoms with Gasteiger partial charge in [-0.1, -0.05) is 199 Å². The third-order valence-electron chi connectivity index (χ3n) is 13.1. The van der Waals surface area contributed by atoms with Crippen molar-refractivity contribution in [1.29, 1.82) is 0 Å². The number of rotatable bonds is 13. The molecule has 0 bridgehead atoms. The Kier molecular flexibility index (Phi) is 12.8. The van der Waals surface area contributed by atoms with Crippen LogP contribution in [0.25, 0.3) is 33.1 Å². The summed E-state index contributed by atoms with van der Waals surface area (Å²) >= 11 is 0. The van der Waals surface area contributed by atoms with Crippen molar-refractivity contribution in [3.05, 3.63) is 238 Å². The third kappa shape index (κ3) is 8.81. The molecule has 2 heterocycles. The monoisotopic (exact) mass is 861 g/mol. The molecule has 0 aliphatic rings. The maximum atomic E-state index is 6.20. The number of hydrogen-bond donors (Lipinski definition) is 0. The molecular weight excluding hydrogens is 803 g/mol. The molecule has 0 saturated carbocycles. The Morgan fingerprint density at radius 2 is 0.848 bits per heavy atom. The van der Waals surface area contributed by atoms with E-state index in [4.69, 9.17) is 19.7 Å². The molecule has 66 heavy (non-hydrogen) atoms. The fourth-order valence-electron chi connectivity index (χ4n) is 9.61. The smallest absolute Gasteiger partial charge is 0.119 e. The summed E-state index contributed by atoms with van der Waals surface area (Å²) in [4.78, 5) is 16.8. The molecule has 0 saturated heterocycles. The van der Waals surface area contributed by atoms with Crippen LogP contribution in [0.3, 0.4) is 0 Å². The first kappa shape index (κ1) is 44.1. The van der Waals surface area contributed by atoms with Crippen molar-refractivity contribution >= 4 is 33.2 Å². The zero-order valence-electron chi connectivity index (χ0n) is 39.5. The summed E-state index contributed by atoms with van der Waals surface area (Å²) in [6.45, 7) is 15.8. The summed E-state index contributed by atoms with van der Waals surface area (Å²) in [5.74, 6) is 1.61. The Morgan fingerprint density at radius 3 is 1.26 bits per heavy atom. The number of fused-ring (bicyclic) bond motifs is 3. The van der Waals surface area contributed by atoms with Crippen LogP contribution in [0, 0.1) is 0 Å². The summed E-state index contributed by atoms with van der Waals surface area (Å²) in [6, 6.07) is 65.2. The molecule has 0 amide bonds. The second-order valence-corrected chi connectivity index (χ2v) is 18.5. The van der Waals surface area contributed by atoms with E-state index in [1.165, 1.54) is 44.5 Å². The fourth-order valence-corrected chi connectivity index (χ4v) is 9.61. The minimum absolute atomic E-state index is 0.141. The van der Waals surface area contributed by atoms with Gasteiger partial charge in [0, 0.05) is 28.2 Å². The molecule has 0 aliphatic carbocycles. The maximum absolute atomic E-state index is 6.20. The number of nitrogens with zero attached hydrogens (tertiary/aromatic N) is 3. The van der Waals surface area contributed by atoms with E-state index < -0.39 is 0 Å². The number of benzene rings is 7. The van der Waals surface area contributed by atoms with Gasteiger partial charge in [0.15, 0.2) is 0 Å². The number of aromatic nitrogens is 2. The highest BCUT2D eigenvalue weighted by Gasteiger charge is 2.29. The van der Waals surface area contributed by atoms with Gasteiger partial charge >= 0.3 is 0 Å². The highest BCUT2D eigenvalue weighted by Crippen LogP contribution is 2.47. The van der Waals surface area contributed by atoms with Gasteiger partial charge in [-0.2, -0.15) is 0 Å². The summed E-state index contributed by atoms with van der Waals surface area (Å²) in [5, 5.41) is 2.10. The summed E-state index contributed by atoms with van der Waals surface area (Å²) in [6.07, 6.45) is 0. The van der Waals surface area contributed by atoms with E-state index in [9.17, 15) is 0 Å². The molecule has 0 fully saturated rings. The standard InChI is InChI=1S/C62H59N3O/c1-39(2)49-35-51(40(3)4)59(52(36-49)41(5)6)56-34-32-48-30-29-47-31-33-55(64-60(47)61(48)65-56)42(7)63-62-53(57(43-21-13-9-14-22-43)44-23-15-10-16-24-44)37-50(66-8)38-54(62)58(45-25-17-11-18-26-45)46-27-19-12-20-28-46/h9-41,57-58H,1-8H3. The van der Waals surface area contributed by atoms with Gasteiger partial charge in [-0.15, -0.1) is 0 Å². The molecule has 9 rings (SSSR count). The van der Waals surface area contributed by atoms with E-state index in [0.717, 1.165) is 61.5 Å². The maximum Gasteiger partial charge on any atom is 0.119 e. The normalized spacial score (nSPS) is 12.1. The predicted molar refractivity (Wildman–Crippen MR) is 277 cm³/mol. The van der Waals surface area contributed by atoms with E-state index >= 15 is 0 Å². The zero-order valence-corrected chi connectivity index (χ0v) is 39.5. The Bertz CT molecular complexity index is 2940. The number of ether oxygens (including phenoxy) is 1. The zero-order chi connectivity index (χ0) is 45.9. The first-order valence-corrected chi connectivity index (χ1v) is 23.5. The van der Waals surface area contributed by atoms with Crippen molar-refractivity contribution in [3.63, 3.8) is 0 Å². The predicted octanol–water partition coefficient (Wildman–Crippen LogP) is 16.3. The SMILES string of the molecule is COc1cc(C(c2ccccc2)c2ccccc2)c(N=C(C)c2ccc3ccc4ccc(-c5c(C(C)C)cc(C(C)C)cc5C(C)C)nc4c3n2)c(C(c2ccccc2)c2ccccc2)c1. The van der Waals surface area contributed by atoms with Crippen LogP contribution in [0.2, 0.25) is 0 Å². The lowest BCUT2D eigenvalue weighted by molar-refractivity contribution is 0.413. The highest BCUT2D eigenvalue weighted by atomic mass is 16.5. The van der Waals surface area contributed by atoms with Gasteiger partial charge in [0.05, 0.1) is 40.9 Å². The van der Waals surface area contributed by atoms with E-state index in [2.05, 4.69) is 230 Å². The van der Waals surface area contributed by atoms with Crippen LogP contribution in [0.1, 0.15) is 134 Å². The van der Waals surface area contributed by atoms with Gasteiger partial charge in [-0.3, -0.25) is 4.99 Å². The summed E-state index contributed by atoms with van der Waals surface area (Å²) in [5.41, 5.74) is 17.4. The van der Waals surface area contributed by atoms with Crippen LogP contribution >= 0.6 is 0 Å². The van der Waals surface area contributed by atoms with Gasteiger partial charge in [0.25, 0.3) is 0 Å². The Hall–Kier alpha value is -7.17. The quantitative estimate of drug-likeness (QED) is 0.0659. The van der Waals surface area contributed by atoms with Crippen LogP contribution in [-0.4, -0.2) is 22.8 Å². The lowest BCUT2D eigenvalue weighted by atomic mass is 9.79. The number of hydrogen-bond acceptors (Lipinski definition) is 4. The van der Waals surface area contributed by atoms with Gasteiger partial charge < -0.3 is 4.74 Å². The van der Waals surface area contributed by atoms with Crippen LogP contribution < -0.4 is 4.74 Å². The first-order chi connectivity index (χ1) is 32.1. The fraction of sp³-hybridized carbons (Fsp3) is 0.210.